The molecule has 9 nitrogen and oxygen atoms in total. The normalized spacial score (nSPS) is 10.6. The van der Waals surface area contributed by atoms with E-state index >= 15 is 0 Å². The third-order valence-corrected chi connectivity index (χ3v) is 5.37. The maximum absolute atomic E-state index is 11.8. The van der Waals surface area contributed by atoms with E-state index in [4.69, 9.17) is 18.9 Å². The number of nitrogens with one attached hydrogen (secondary N) is 1. The van der Waals surface area contributed by atoms with Gasteiger partial charge in [-0.05, 0) is 54.1 Å². The Bertz CT molecular complexity index is 1290. The number of carbonyl (C=O) groups is 1. The molecule has 0 spiro atoms. The summed E-state index contributed by atoms with van der Waals surface area (Å²) in [6.07, 6.45) is 0.697. The van der Waals surface area contributed by atoms with E-state index in [2.05, 4.69) is 15.4 Å². The van der Waals surface area contributed by atoms with Crippen LogP contribution >= 0.6 is 0 Å². The average Bonchev–Trinajstić information content (AvgIpc) is 3.34. The molecule has 36 heavy (non-hydrogen) atoms. The third-order valence-electron chi connectivity index (χ3n) is 5.37. The van der Waals surface area contributed by atoms with Crippen molar-refractivity contribution in [2.24, 2.45) is 0 Å². The maximum atomic E-state index is 11.8. The lowest BCUT2D eigenvalue weighted by Gasteiger charge is -2.09. The van der Waals surface area contributed by atoms with E-state index in [1.54, 1.807) is 31.0 Å². The molecule has 9 heteroatoms. The molecule has 0 atom stereocenters. The molecule has 1 amide bonds. The van der Waals surface area contributed by atoms with Crippen LogP contribution in [0.5, 0.6) is 17.5 Å². The van der Waals surface area contributed by atoms with Crippen molar-refractivity contribution in [2.75, 3.05) is 39.9 Å². The molecular weight excluding hydrogens is 460 g/mol. The number of carbonyl (C=O) groups excluding carboxylic acids is 1. The molecule has 3 aromatic carbocycles. The number of hydrogen-bond donors (Lipinski definition) is 1. The van der Waals surface area contributed by atoms with Crippen LogP contribution in [-0.4, -0.2) is 55.2 Å². The van der Waals surface area contributed by atoms with Crippen LogP contribution in [-0.2, 0) is 16.0 Å². The Morgan fingerprint density at radius 1 is 0.917 bits per heavy atom. The number of rotatable bonds is 11. The molecule has 0 aliphatic carbocycles. The SMILES string of the molecule is COCC(=O)Nc1ccc(-n2nc(OCCc3ccc(OC)cc3)nc2-c2cccc(OC)c2)cc1. The van der Waals surface area contributed by atoms with Crippen molar-refractivity contribution in [2.45, 2.75) is 6.42 Å². The van der Waals surface area contributed by atoms with Gasteiger partial charge in [-0.15, -0.1) is 5.10 Å². The summed E-state index contributed by atoms with van der Waals surface area (Å²) in [5, 5.41) is 7.39. The second kappa shape index (κ2) is 11.9. The molecule has 0 unspecified atom stereocenters. The van der Waals surface area contributed by atoms with Crippen LogP contribution in [0.3, 0.4) is 0 Å². The van der Waals surface area contributed by atoms with Crippen molar-refractivity contribution in [3.8, 4) is 34.6 Å². The second-order valence-corrected chi connectivity index (χ2v) is 7.84. The Hall–Kier alpha value is -4.37. The smallest absolute Gasteiger partial charge is 0.336 e. The lowest BCUT2D eigenvalue weighted by atomic mass is 10.1. The predicted molar refractivity (Wildman–Crippen MR) is 136 cm³/mol. The van der Waals surface area contributed by atoms with Gasteiger partial charge in [0.2, 0.25) is 5.91 Å². The first-order chi connectivity index (χ1) is 17.6. The molecule has 4 aromatic rings. The van der Waals surface area contributed by atoms with Gasteiger partial charge in [-0.3, -0.25) is 4.79 Å². The van der Waals surface area contributed by atoms with Gasteiger partial charge < -0.3 is 24.3 Å². The Morgan fingerprint density at radius 2 is 1.67 bits per heavy atom. The number of hydrogen-bond acceptors (Lipinski definition) is 7. The molecule has 0 saturated carbocycles. The molecule has 1 N–H and O–H groups in total. The number of benzene rings is 3. The highest BCUT2D eigenvalue weighted by molar-refractivity contribution is 5.91. The predicted octanol–water partition coefficient (Wildman–Crippen LogP) is 4.16. The number of anilines is 1. The number of nitrogens with zero attached hydrogens (tertiary/aromatic N) is 3. The highest BCUT2D eigenvalue weighted by Gasteiger charge is 2.16. The molecule has 0 saturated heterocycles. The number of amides is 1. The van der Waals surface area contributed by atoms with Crippen LogP contribution in [0.2, 0.25) is 0 Å². The number of ether oxygens (including phenoxy) is 4. The van der Waals surface area contributed by atoms with Gasteiger partial charge in [0.15, 0.2) is 5.82 Å². The van der Waals surface area contributed by atoms with Crippen molar-refractivity contribution in [3.05, 3.63) is 78.4 Å². The van der Waals surface area contributed by atoms with E-state index in [0.29, 0.717) is 30.3 Å². The minimum atomic E-state index is -0.226. The molecular formula is C27H28N4O5. The molecule has 1 aromatic heterocycles. The molecule has 4 rings (SSSR count). The van der Waals surface area contributed by atoms with Crippen molar-refractivity contribution in [1.29, 1.82) is 0 Å². The molecule has 186 valence electrons. The van der Waals surface area contributed by atoms with Crippen LogP contribution in [0.4, 0.5) is 5.69 Å². The third kappa shape index (κ3) is 6.19. The second-order valence-electron chi connectivity index (χ2n) is 7.84. The van der Waals surface area contributed by atoms with Gasteiger partial charge in [0.1, 0.15) is 18.1 Å². The van der Waals surface area contributed by atoms with E-state index in [0.717, 1.165) is 22.6 Å². The van der Waals surface area contributed by atoms with Crippen LogP contribution in [0, 0.1) is 0 Å². The van der Waals surface area contributed by atoms with Crippen LogP contribution < -0.4 is 19.5 Å². The fraction of sp³-hybridized carbons (Fsp3) is 0.222. The molecule has 0 fully saturated rings. The lowest BCUT2D eigenvalue weighted by Crippen LogP contribution is -2.17. The van der Waals surface area contributed by atoms with Gasteiger partial charge >= 0.3 is 6.01 Å². The van der Waals surface area contributed by atoms with E-state index in [9.17, 15) is 4.79 Å². The molecule has 0 radical (unpaired) electrons. The zero-order chi connectivity index (χ0) is 25.3. The van der Waals surface area contributed by atoms with Crippen molar-refractivity contribution >= 4 is 11.6 Å². The minimum Gasteiger partial charge on any atom is -0.497 e. The first kappa shape index (κ1) is 24.7. The van der Waals surface area contributed by atoms with Gasteiger partial charge in [-0.2, -0.15) is 4.98 Å². The van der Waals surface area contributed by atoms with Gasteiger partial charge in [-0.25, -0.2) is 4.68 Å². The summed E-state index contributed by atoms with van der Waals surface area (Å²) >= 11 is 0. The van der Waals surface area contributed by atoms with E-state index < -0.39 is 0 Å². The summed E-state index contributed by atoms with van der Waals surface area (Å²) in [4.78, 5) is 16.5. The largest absolute Gasteiger partial charge is 0.497 e. The summed E-state index contributed by atoms with van der Waals surface area (Å²) in [6.45, 7) is 0.403. The Morgan fingerprint density at radius 3 is 2.36 bits per heavy atom. The van der Waals surface area contributed by atoms with Crippen molar-refractivity contribution in [3.63, 3.8) is 0 Å². The summed E-state index contributed by atoms with van der Waals surface area (Å²) in [6, 6.07) is 23.0. The number of methoxy groups -OCH3 is 3. The molecule has 1 heterocycles. The Balaban J connectivity index is 1.56. The quantitative estimate of drug-likeness (QED) is 0.339. The highest BCUT2D eigenvalue weighted by Crippen LogP contribution is 2.27. The van der Waals surface area contributed by atoms with Crippen LogP contribution in [0.25, 0.3) is 17.1 Å². The summed E-state index contributed by atoms with van der Waals surface area (Å²) in [5.74, 6) is 1.90. The fourth-order valence-corrected chi connectivity index (χ4v) is 3.55. The molecule has 0 bridgehead atoms. The van der Waals surface area contributed by atoms with E-state index in [1.807, 2.05) is 60.7 Å². The summed E-state index contributed by atoms with van der Waals surface area (Å²) in [7, 11) is 4.74. The van der Waals surface area contributed by atoms with Crippen molar-refractivity contribution in [1.82, 2.24) is 14.8 Å². The Labute approximate surface area is 209 Å². The topological polar surface area (TPSA) is 96.7 Å². The number of aromatic nitrogens is 3. The van der Waals surface area contributed by atoms with Crippen LogP contribution in [0.15, 0.2) is 72.8 Å². The van der Waals surface area contributed by atoms with Crippen LogP contribution in [0.1, 0.15) is 5.56 Å². The fourth-order valence-electron chi connectivity index (χ4n) is 3.55. The van der Waals surface area contributed by atoms with E-state index in [1.165, 1.54) is 7.11 Å². The lowest BCUT2D eigenvalue weighted by molar-refractivity contribution is -0.119. The first-order valence-corrected chi connectivity index (χ1v) is 11.4. The van der Waals surface area contributed by atoms with E-state index in [-0.39, 0.29) is 18.5 Å². The first-order valence-electron chi connectivity index (χ1n) is 11.4. The van der Waals surface area contributed by atoms with Crippen molar-refractivity contribution < 1.29 is 23.7 Å². The van der Waals surface area contributed by atoms with Gasteiger partial charge in [0.05, 0.1) is 26.5 Å². The summed E-state index contributed by atoms with van der Waals surface area (Å²) in [5.41, 5.74) is 3.36. The standard InChI is InChI=1S/C27H28N4O5/c1-33-18-25(32)28-21-9-11-22(12-10-21)31-26(20-5-4-6-24(17-20)35-3)29-27(30-31)36-16-15-19-7-13-23(34-2)14-8-19/h4-14,17H,15-16,18H2,1-3H3,(H,28,32). The Kier molecular flexibility index (Phi) is 8.15. The zero-order valence-corrected chi connectivity index (χ0v) is 20.4. The average molecular weight is 489 g/mol. The monoisotopic (exact) mass is 488 g/mol. The maximum Gasteiger partial charge on any atom is 0.336 e. The highest BCUT2D eigenvalue weighted by atomic mass is 16.5. The molecule has 0 aliphatic heterocycles. The minimum absolute atomic E-state index is 0.0119. The van der Waals surface area contributed by atoms with Gasteiger partial charge in [0, 0.05) is 24.8 Å². The molecule has 0 aliphatic rings. The zero-order valence-electron chi connectivity index (χ0n) is 20.4. The van der Waals surface area contributed by atoms with Gasteiger partial charge in [-0.1, -0.05) is 24.3 Å². The summed E-state index contributed by atoms with van der Waals surface area (Å²) < 4.78 is 23.1. The van der Waals surface area contributed by atoms with Gasteiger partial charge in [0.25, 0.3) is 0 Å².